The van der Waals surface area contributed by atoms with Crippen LogP contribution >= 0.6 is 27.3 Å². The fourth-order valence-electron chi connectivity index (χ4n) is 2.68. The van der Waals surface area contributed by atoms with Gasteiger partial charge in [0, 0.05) is 21.4 Å². The highest BCUT2D eigenvalue weighted by Gasteiger charge is 2.24. The molecule has 1 aromatic carbocycles. The molecule has 94 valence electrons. The van der Waals surface area contributed by atoms with Crippen molar-refractivity contribution in [2.24, 2.45) is 0 Å². The molecule has 3 rings (SSSR count). The zero-order valence-corrected chi connectivity index (χ0v) is 12.7. The van der Waals surface area contributed by atoms with Gasteiger partial charge in [-0.1, -0.05) is 28.1 Å². The molecule has 1 aliphatic rings. The number of aryl methyl sites for hydroxylation is 1. The van der Waals surface area contributed by atoms with E-state index in [9.17, 15) is 0 Å². The molecule has 1 N–H and O–H groups in total. The first kappa shape index (κ1) is 12.4. The van der Waals surface area contributed by atoms with E-state index >= 15 is 0 Å². The van der Waals surface area contributed by atoms with Gasteiger partial charge in [-0.3, -0.25) is 0 Å². The van der Waals surface area contributed by atoms with Crippen molar-refractivity contribution in [3.63, 3.8) is 0 Å². The normalized spacial score (nSPS) is 19.8. The summed E-state index contributed by atoms with van der Waals surface area (Å²) in [6.45, 7) is 2.25. The first-order chi connectivity index (χ1) is 8.74. The Balaban J connectivity index is 1.77. The fraction of sp³-hybridized carbons (Fsp3) is 0.333. The molecule has 0 aliphatic heterocycles. The highest BCUT2D eigenvalue weighted by molar-refractivity contribution is 9.10. The Morgan fingerprint density at radius 2 is 2.28 bits per heavy atom. The quantitative estimate of drug-likeness (QED) is 0.852. The molecule has 2 atom stereocenters. The Kier molecular flexibility index (Phi) is 3.55. The molecule has 1 heterocycles. The van der Waals surface area contributed by atoms with Gasteiger partial charge in [0.1, 0.15) is 0 Å². The Morgan fingerprint density at radius 1 is 1.39 bits per heavy atom. The van der Waals surface area contributed by atoms with Crippen LogP contribution in [0.3, 0.4) is 0 Å². The van der Waals surface area contributed by atoms with Gasteiger partial charge in [0.25, 0.3) is 0 Å². The van der Waals surface area contributed by atoms with Gasteiger partial charge < -0.3 is 5.32 Å². The third kappa shape index (κ3) is 2.40. The van der Waals surface area contributed by atoms with Crippen molar-refractivity contribution >= 4 is 27.3 Å². The average molecular weight is 322 g/mol. The number of hydrogen-bond acceptors (Lipinski definition) is 2. The summed E-state index contributed by atoms with van der Waals surface area (Å²) in [4.78, 5) is 1.42. The van der Waals surface area contributed by atoms with Gasteiger partial charge in [-0.2, -0.15) is 0 Å². The Morgan fingerprint density at radius 3 is 3.06 bits per heavy atom. The van der Waals surface area contributed by atoms with Crippen LogP contribution in [-0.4, -0.2) is 0 Å². The van der Waals surface area contributed by atoms with E-state index in [0.717, 1.165) is 0 Å². The largest absolute Gasteiger partial charge is 0.303 e. The number of rotatable bonds is 3. The molecule has 0 radical (unpaired) electrons. The SMILES string of the molecule is CC(NC1CCc2cc(Br)ccc21)c1cccs1. The third-order valence-corrected chi connectivity index (χ3v) is 5.15. The summed E-state index contributed by atoms with van der Waals surface area (Å²) in [5.41, 5.74) is 2.96. The predicted molar refractivity (Wildman–Crippen MR) is 81.1 cm³/mol. The summed E-state index contributed by atoms with van der Waals surface area (Å²) in [5.74, 6) is 0. The van der Waals surface area contributed by atoms with Crippen LogP contribution in [-0.2, 0) is 6.42 Å². The maximum absolute atomic E-state index is 3.75. The maximum Gasteiger partial charge on any atom is 0.0391 e. The van der Waals surface area contributed by atoms with E-state index < -0.39 is 0 Å². The molecule has 0 amide bonds. The Bertz CT molecular complexity index is 535. The molecule has 0 saturated heterocycles. The van der Waals surface area contributed by atoms with Crippen molar-refractivity contribution in [2.45, 2.75) is 31.8 Å². The van der Waals surface area contributed by atoms with Crippen LogP contribution in [0.5, 0.6) is 0 Å². The van der Waals surface area contributed by atoms with Crippen LogP contribution < -0.4 is 5.32 Å². The van der Waals surface area contributed by atoms with Crippen LogP contribution in [0.2, 0.25) is 0 Å². The molecule has 0 saturated carbocycles. The van der Waals surface area contributed by atoms with Crippen LogP contribution in [0.25, 0.3) is 0 Å². The number of nitrogens with one attached hydrogen (secondary N) is 1. The van der Waals surface area contributed by atoms with Crippen molar-refractivity contribution < 1.29 is 0 Å². The van der Waals surface area contributed by atoms with Crippen molar-refractivity contribution in [3.05, 3.63) is 56.2 Å². The average Bonchev–Trinajstić information content (AvgIpc) is 2.98. The molecule has 0 fully saturated rings. The highest BCUT2D eigenvalue weighted by atomic mass is 79.9. The van der Waals surface area contributed by atoms with Crippen LogP contribution in [0.1, 0.15) is 41.4 Å². The summed E-state index contributed by atoms with van der Waals surface area (Å²) in [7, 11) is 0. The van der Waals surface area contributed by atoms with Crippen molar-refractivity contribution in [3.8, 4) is 0 Å². The standard InChI is InChI=1S/C15H16BrNS/c1-10(15-3-2-8-18-15)17-14-7-4-11-9-12(16)5-6-13(11)14/h2-3,5-6,8-10,14,17H,4,7H2,1H3. The van der Waals surface area contributed by atoms with Crippen molar-refractivity contribution in [1.82, 2.24) is 5.32 Å². The number of thiophene rings is 1. The molecule has 0 spiro atoms. The van der Waals surface area contributed by atoms with E-state index in [0.29, 0.717) is 12.1 Å². The lowest BCUT2D eigenvalue weighted by molar-refractivity contribution is 0.469. The molecule has 0 bridgehead atoms. The van der Waals surface area contributed by atoms with Gasteiger partial charge in [0.2, 0.25) is 0 Å². The number of hydrogen-bond donors (Lipinski definition) is 1. The van der Waals surface area contributed by atoms with E-state index in [-0.39, 0.29) is 0 Å². The summed E-state index contributed by atoms with van der Waals surface area (Å²) in [5, 5.41) is 5.90. The molecule has 1 aromatic heterocycles. The third-order valence-electron chi connectivity index (χ3n) is 3.60. The summed E-state index contributed by atoms with van der Waals surface area (Å²) < 4.78 is 1.19. The second-order valence-electron chi connectivity index (χ2n) is 4.84. The first-order valence-electron chi connectivity index (χ1n) is 6.32. The van der Waals surface area contributed by atoms with E-state index in [4.69, 9.17) is 0 Å². The minimum absolute atomic E-state index is 0.435. The van der Waals surface area contributed by atoms with Crippen LogP contribution in [0.15, 0.2) is 40.2 Å². The van der Waals surface area contributed by atoms with E-state index in [1.807, 2.05) is 11.3 Å². The Labute approximate surface area is 120 Å². The van der Waals surface area contributed by atoms with E-state index in [1.54, 1.807) is 0 Å². The topological polar surface area (TPSA) is 12.0 Å². The van der Waals surface area contributed by atoms with Gasteiger partial charge in [-0.25, -0.2) is 0 Å². The zero-order chi connectivity index (χ0) is 12.5. The molecular weight excluding hydrogens is 306 g/mol. The molecule has 3 heteroatoms. The van der Waals surface area contributed by atoms with Crippen LogP contribution in [0.4, 0.5) is 0 Å². The Hall–Kier alpha value is -0.640. The van der Waals surface area contributed by atoms with Gasteiger partial charge in [0.15, 0.2) is 0 Å². The molecule has 1 aliphatic carbocycles. The lowest BCUT2D eigenvalue weighted by Crippen LogP contribution is -2.22. The zero-order valence-electron chi connectivity index (χ0n) is 10.3. The number of fused-ring (bicyclic) bond motifs is 1. The molecule has 2 unspecified atom stereocenters. The summed E-state index contributed by atoms with van der Waals surface area (Å²) in [6, 6.07) is 11.9. The molecule has 18 heavy (non-hydrogen) atoms. The van der Waals surface area contributed by atoms with E-state index in [1.165, 1.54) is 33.3 Å². The van der Waals surface area contributed by atoms with Gasteiger partial charge in [0.05, 0.1) is 0 Å². The van der Waals surface area contributed by atoms with Gasteiger partial charge in [-0.15, -0.1) is 11.3 Å². The fourth-order valence-corrected chi connectivity index (χ4v) is 3.83. The van der Waals surface area contributed by atoms with Crippen molar-refractivity contribution in [2.75, 3.05) is 0 Å². The molecular formula is C15H16BrNS. The second kappa shape index (κ2) is 5.16. The monoisotopic (exact) mass is 321 g/mol. The van der Waals surface area contributed by atoms with Gasteiger partial charge >= 0.3 is 0 Å². The molecule has 2 aromatic rings. The number of benzene rings is 1. The van der Waals surface area contributed by atoms with E-state index in [2.05, 4.69) is 63.9 Å². The predicted octanol–water partition coefficient (Wildman–Crippen LogP) is 4.85. The summed E-state index contributed by atoms with van der Waals surface area (Å²) in [6.07, 6.45) is 2.39. The minimum atomic E-state index is 0.435. The number of halogens is 1. The van der Waals surface area contributed by atoms with Crippen LogP contribution in [0, 0.1) is 0 Å². The first-order valence-corrected chi connectivity index (χ1v) is 7.99. The van der Waals surface area contributed by atoms with Gasteiger partial charge in [-0.05, 0) is 54.5 Å². The summed E-state index contributed by atoms with van der Waals surface area (Å²) >= 11 is 5.38. The minimum Gasteiger partial charge on any atom is -0.303 e. The second-order valence-corrected chi connectivity index (χ2v) is 6.73. The lowest BCUT2D eigenvalue weighted by atomic mass is 10.1. The smallest absolute Gasteiger partial charge is 0.0391 e. The lowest BCUT2D eigenvalue weighted by Gasteiger charge is -2.19. The molecule has 1 nitrogen and oxygen atoms in total. The van der Waals surface area contributed by atoms with Crippen molar-refractivity contribution in [1.29, 1.82) is 0 Å². The highest BCUT2D eigenvalue weighted by Crippen LogP contribution is 2.35. The maximum atomic E-state index is 3.75.